The minimum Gasteiger partial charge on any atom is -0.383 e. The van der Waals surface area contributed by atoms with E-state index in [1.54, 1.807) is 6.92 Å². The number of thiophene rings is 1. The fraction of sp³-hybridized carbons (Fsp3) is 0.643. The molecule has 1 atom stereocenters. The Bertz CT molecular complexity index is 589. The summed E-state index contributed by atoms with van der Waals surface area (Å²) in [7, 11) is -3.15. The number of sulfonamides is 1. The molecule has 0 fully saturated rings. The van der Waals surface area contributed by atoms with Crippen molar-refractivity contribution in [1.82, 2.24) is 15.4 Å². The monoisotopic (exact) mass is 490 g/mol. The SMILES string of the molecule is CCNC(=NCC(C)(O)c1cccs1)NCCCNS(C)(=O)=O.I. The van der Waals surface area contributed by atoms with Crippen LogP contribution >= 0.6 is 35.3 Å². The molecule has 0 radical (unpaired) electrons. The summed E-state index contributed by atoms with van der Waals surface area (Å²) in [6.45, 7) is 5.59. The lowest BCUT2D eigenvalue weighted by molar-refractivity contribution is 0.0711. The molecule has 1 rings (SSSR count). The Morgan fingerprint density at radius 3 is 2.62 bits per heavy atom. The van der Waals surface area contributed by atoms with Crippen molar-refractivity contribution >= 4 is 51.3 Å². The molecule has 1 heterocycles. The van der Waals surface area contributed by atoms with Crippen molar-refractivity contribution in [3.05, 3.63) is 22.4 Å². The number of halogens is 1. The molecule has 24 heavy (non-hydrogen) atoms. The molecule has 0 saturated carbocycles. The molecule has 0 amide bonds. The normalized spacial score (nSPS) is 14.6. The van der Waals surface area contributed by atoms with Crippen LogP contribution in [0.1, 0.15) is 25.1 Å². The van der Waals surface area contributed by atoms with Gasteiger partial charge in [-0.05, 0) is 31.7 Å². The lowest BCUT2D eigenvalue weighted by atomic mass is 10.1. The zero-order valence-electron chi connectivity index (χ0n) is 14.2. The first-order chi connectivity index (χ1) is 10.7. The van der Waals surface area contributed by atoms with Gasteiger partial charge in [-0.2, -0.15) is 0 Å². The minimum atomic E-state index is -3.15. The van der Waals surface area contributed by atoms with Gasteiger partial charge < -0.3 is 15.7 Å². The van der Waals surface area contributed by atoms with Gasteiger partial charge in [-0.3, -0.25) is 0 Å². The van der Waals surface area contributed by atoms with E-state index in [4.69, 9.17) is 0 Å². The molecule has 7 nitrogen and oxygen atoms in total. The van der Waals surface area contributed by atoms with Crippen LogP contribution in [0.15, 0.2) is 22.5 Å². The maximum Gasteiger partial charge on any atom is 0.208 e. The maximum absolute atomic E-state index is 11.0. The second-order valence-corrected chi connectivity index (χ2v) is 8.17. The largest absolute Gasteiger partial charge is 0.383 e. The summed E-state index contributed by atoms with van der Waals surface area (Å²) in [5, 5.41) is 18.6. The van der Waals surface area contributed by atoms with Crippen LogP contribution in [-0.2, 0) is 15.6 Å². The zero-order valence-corrected chi connectivity index (χ0v) is 18.2. The van der Waals surface area contributed by atoms with Crippen molar-refractivity contribution in [3.8, 4) is 0 Å². The molecule has 10 heteroatoms. The molecule has 1 unspecified atom stereocenters. The predicted octanol–water partition coefficient (Wildman–Crippen LogP) is 1.07. The summed E-state index contributed by atoms with van der Waals surface area (Å²) in [5.74, 6) is 0.601. The number of guanidine groups is 1. The van der Waals surface area contributed by atoms with Gasteiger partial charge >= 0.3 is 0 Å². The van der Waals surface area contributed by atoms with Crippen molar-refractivity contribution in [2.75, 3.05) is 32.4 Å². The number of rotatable bonds is 9. The number of nitrogens with one attached hydrogen (secondary N) is 3. The molecule has 0 aliphatic rings. The molecular weight excluding hydrogens is 463 g/mol. The average Bonchev–Trinajstić information content (AvgIpc) is 2.98. The fourth-order valence-electron chi connectivity index (χ4n) is 1.79. The summed E-state index contributed by atoms with van der Waals surface area (Å²) in [4.78, 5) is 5.27. The standard InChI is InChI=1S/C14H26N4O3S2.HI/c1-4-15-13(16-8-6-9-18-23(3,20)21)17-11-14(2,19)12-7-5-10-22-12;/h5,7,10,18-19H,4,6,8-9,11H2,1-3H3,(H2,15,16,17);1H. The highest BCUT2D eigenvalue weighted by Crippen LogP contribution is 2.25. The van der Waals surface area contributed by atoms with Gasteiger partial charge in [-0.25, -0.2) is 18.1 Å². The second kappa shape index (κ2) is 11.2. The van der Waals surface area contributed by atoms with Crippen LogP contribution in [0, 0.1) is 0 Å². The van der Waals surface area contributed by atoms with E-state index in [1.165, 1.54) is 11.3 Å². The Hall–Kier alpha value is -0.430. The summed E-state index contributed by atoms with van der Waals surface area (Å²) < 4.78 is 24.4. The van der Waals surface area contributed by atoms with Crippen molar-refractivity contribution in [2.45, 2.75) is 25.9 Å². The van der Waals surface area contributed by atoms with E-state index in [0.717, 1.165) is 11.1 Å². The van der Waals surface area contributed by atoms with Crippen LogP contribution in [0.3, 0.4) is 0 Å². The van der Waals surface area contributed by atoms with E-state index in [2.05, 4.69) is 20.3 Å². The average molecular weight is 490 g/mol. The van der Waals surface area contributed by atoms with Crippen LogP contribution in [0.25, 0.3) is 0 Å². The van der Waals surface area contributed by atoms with Crippen molar-refractivity contribution in [3.63, 3.8) is 0 Å². The molecule has 0 aliphatic heterocycles. The van der Waals surface area contributed by atoms with Crippen LogP contribution in [-0.4, -0.2) is 51.9 Å². The highest BCUT2D eigenvalue weighted by Gasteiger charge is 2.23. The summed E-state index contributed by atoms with van der Waals surface area (Å²) in [5.41, 5.74) is -1.01. The molecular formula is C14H27IN4O3S2. The number of aliphatic hydroxyl groups is 1. The smallest absolute Gasteiger partial charge is 0.208 e. The van der Waals surface area contributed by atoms with E-state index < -0.39 is 15.6 Å². The third-order valence-electron chi connectivity index (χ3n) is 2.95. The highest BCUT2D eigenvalue weighted by atomic mass is 127. The Morgan fingerprint density at radius 1 is 1.38 bits per heavy atom. The first-order valence-electron chi connectivity index (χ1n) is 7.48. The minimum absolute atomic E-state index is 0. The van der Waals surface area contributed by atoms with Gasteiger partial charge in [0.05, 0.1) is 12.8 Å². The third-order valence-corrected chi connectivity index (χ3v) is 4.80. The Balaban J connectivity index is 0.00000529. The lowest BCUT2D eigenvalue weighted by Gasteiger charge is -2.20. The van der Waals surface area contributed by atoms with E-state index in [-0.39, 0.29) is 30.5 Å². The Labute approximate surface area is 165 Å². The molecule has 0 bridgehead atoms. The van der Waals surface area contributed by atoms with Crippen LogP contribution in [0.2, 0.25) is 0 Å². The maximum atomic E-state index is 11.0. The van der Waals surface area contributed by atoms with Gasteiger partial charge in [0.1, 0.15) is 5.60 Å². The van der Waals surface area contributed by atoms with Crippen LogP contribution < -0.4 is 15.4 Å². The fourth-order valence-corrected chi connectivity index (χ4v) is 3.08. The van der Waals surface area contributed by atoms with E-state index in [1.807, 2.05) is 24.4 Å². The highest BCUT2D eigenvalue weighted by molar-refractivity contribution is 14.0. The molecule has 4 N–H and O–H groups in total. The topological polar surface area (TPSA) is 103 Å². The summed E-state index contributed by atoms with van der Waals surface area (Å²) in [6.07, 6.45) is 1.78. The van der Waals surface area contributed by atoms with Crippen LogP contribution in [0.5, 0.6) is 0 Å². The third kappa shape index (κ3) is 9.77. The van der Waals surface area contributed by atoms with Gasteiger partial charge in [-0.15, -0.1) is 35.3 Å². The van der Waals surface area contributed by atoms with Crippen molar-refractivity contribution in [2.24, 2.45) is 4.99 Å². The molecule has 140 valence electrons. The molecule has 0 spiro atoms. The first-order valence-corrected chi connectivity index (χ1v) is 10.2. The molecule has 0 aromatic carbocycles. The van der Waals surface area contributed by atoms with Crippen molar-refractivity contribution in [1.29, 1.82) is 0 Å². The molecule has 1 aromatic heterocycles. The Kier molecular flexibility index (Phi) is 11.0. The predicted molar refractivity (Wildman–Crippen MR) is 111 cm³/mol. The van der Waals surface area contributed by atoms with Gasteiger partial charge in [0.2, 0.25) is 10.0 Å². The first kappa shape index (κ1) is 23.6. The number of hydrogen-bond acceptors (Lipinski definition) is 5. The van der Waals surface area contributed by atoms with E-state index in [0.29, 0.717) is 32.0 Å². The number of nitrogens with zero attached hydrogens (tertiary/aromatic N) is 1. The van der Waals surface area contributed by atoms with Gasteiger partial charge in [-0.1, -0.05) is 6.07 Å². The second-order valence-electron chi connectivity index (χ2n) is 5.39. The molecule has 1 aromatic rings. The Morgan fingerprint density at radius 2 is 2.08 bits per heavy atom. The lowest BCUT2D eigenvalue weighted by Crippen LogP contribution is -2.40. The summed E-state index contributed by atoms with van der Waals surface area (Å²) >= 11 is 1.50. The quantitative estimate of drug-likeness (QED) is 0.180. The van der Waals surface area contributed by atoms with Gasteiger partial charge in [0.15, 0.2) is 5.96 Å². The number of aliphatic imine (C=N–C) groups is 1. The summed E-state index contributed by atoms with van der Waals surface area (Å²) in [6, 6.07) is 3.79. The van der Waals surface area contributed by atoms with E-state index >= 15 is 0 Å². The van der Waals surface area contributed by atoms with E-state index in [9.17, 15) is 13.5 Å². The van der Waals surface area contributed by atoms with Crippen LogP contribution in [0.4, 0.5) is 0 Å². The number of hydrogen-bond donors (Lipinski definition) is 4. The van der Waals surface area contributed by atoms with Gasteiger partial charge in [0.25, 0.3) is 0 Å². The zero-order chi connectivity index (χ0) is 17.3. The van der Waals surface area contributed by atoms with Gasteiger partial charge in [0, 0.05) is 24.5 Å². The molecule has 0 saturated heterocycles. The molecule has 0 aliphatic carbocycles. The van der Waals surface area contributed by atoms with Crippen molar-refractivity contribution < 1.29 is 13.5 Å².